The number of alkyl carbamates (subject to hydrolysis) is 1. The van der Waals surface area contributed by atoms with Crippen LogP contribution in [0.15, 0.2) is 84.9 Å². The molecule has 3 atom stereocenters. The number of methoxy groups -OCH3 is 1. The van der Waals surface area contributed by atoms with E-state index < -0.39 is 53.8 Å². The van der Waals surface area contributed by atoms with Gasteiger partial charge in [-0.2, -0.15) is 0 Å². The Labute approximate surface area is 268 Å². The number of aryl methyl sites for hydroxylation is 1. The maximum atomic E-state index is 14.0. The number of benzene rings is 3. The summed E-state index contributed by atoms with van der Waals surface area (Å²) in [6, 6.07) is 24.0. The average molecular weight is 632 g/mol. The summed E-state index contributed by atoms with van der Waals surface area (Å²) in [5.74, 6) is -2.13. The Kier molecular flexibility index (Phi) is 11.4. The Morgan fingerprint density at radius 2 is 1.52 bits per heavy atom. The SMILES string of the molecule is COC(=O)N[C@H](C(=O)Nc1ccccc1CC[C@@H]1CN(C(=O)OC(C)(C)C)[C@H](C(=O)O)CO1)C(c1ccccc1)c1ccccc1. The third kappa shape index (κ3) is 9.07. The molecule has 0 radical (unpaired) electrons. The zero-order valence-corrected chi connectivity index (χ0v) is 26.5. The van der Waals surface area contributed by atoms with Crippen molar-refractivity contribution in [2.45, 2.75) is 63.3 Å². The van der Waals surface area contributed by atoms with E-state index in [1.54, 1.807) is 32.9 Å². The van der Waals surface area contributed by atoms with Gasteiger partial charge in [-0.05, 0) is 56.4 Å². The van der Waals surface area contributed by atoms with Crippen LogP contribution < -0.4 is 10.6 Å². The molecule has 1 fully saturated rings. The number of hydrogen-bond acceptors (Lipinski definition) is 7. The fraction of sp³-hybridized carbons (Fsp3) is 0.371. The molecule has 11 heteroatoms. The Hall–Kier alpha value is -4.90. The lowest BCUT2D eigenvalue weighted by Gasteiger charge is -2.38. The van der Waals surface area contributed by atoms with E-state index in [9.17, 15) is 24.3 Å². The molecule has 3 amide bonds. The van der Waals surface area contributed by atoms with Gasteiger partial charge in [0.1, 0.15) is 11.6 Å². The Morgan fingerprint density at radius 3 is 2.09 bits per heavy atom. The van der Waals surface area contributed by atoms with Crippen molar-refractivity contribution in [2.24, 2.45) is 0 Å². The number of anilines is 1. The van der Waals surface area contributed by atoms with E-state index in [0.29, 0.717) is 18.5 Å². The summed E-state index contributed by atoms with van der Waals surface area (Å²) >= 11 is 0. The lowest BCUT2D eigenvalue weighted by atomic mass is 9.84. The normalized spacial score (nSPS) is 17.1. The van der Waals surface area contributed by atoms with Gasteiger partial charge in [0, 0.05) is 11.6 Å². The standard InChI is InChI=1S/C35H41N3O8/c1-35(2,3)46-34(43)38-21-26(45-22-28(38)32(40)41)20-19-23-13-11-12-18-27(23)36-31(39)30(37-33(42)44-4)29(24-14-7-5-8-15-24)25-16-9-6-10-17-25/h5-18,26,28-30H,19-22H2,1-4H3,(H,36,39)(H,37,42)(H,40,41)/t26-,28+,30+/m1/s1. The van der Waals surface area contributed by atoms with E-state index in [1.165, 1.54) is 12.0 Å². The van der Waals surface area contributed by atoms with Crippen LogP contribution in [0.2, 0.25) is 0 Å². The zero-order valence-electron chi connectivity index (χ0n) is 26.5. The van der Waals surface area contributed by atoms with E-state index in [4.69, 9.17) is 14.2 Å². The van der Waals surface area contributed by atoms with Crippen LogP contribution in [-0.2, 0) is 30.2 Å². The highest BCUT2D eigenvalue weighted by molar-refractivity contribution is 5.98. The number of nitrogens with zero attached hydrogens (tertiary/aromatic N) is 1. The Bertz CT molecular complexity index is 1450. The largest absolute Gasteiger partial charge is 0.480 e. The number of amides is 3. The molecular formula is C35H41N3O8. The first-order chi connectivity index (χ1) is 22.0. The zero-order chi connectivity index (χ0) is 33.3. The number of para-hydroxylation sites is 1. The van der Waals surface area contributed by atoms with Gasteiger partial charge in [0.05, 0.1) is 26.4 Å². The Morgan fingerprint density at radius 1 is 0.935 bits per heavy atom. The van der Waals surface area contributed by atoms with Crippen molar-refractivity contribution >= 4 is 29.8 Å². The molecule has 1 saturated heterocycles. The third-order valence-electron chi connectivity index (χ3n) is 7.58. The summed E-state index contributed by atoms with van der Waals surface area (Å²) < 4.78 is 16.2. The van der Waals surface area contributed by atoms with Gasteiger partial charge in [0.2, 0.25) is 5.91 Å². The minimum atomic E-state index is -1.17. The van der Waals surface area contributed by atoms with Crippen LogP contribution in [0.25, 0.3) is 0 Å². The molecule has 3 N–H and O–H groups in total. The third-order valence-corrected chi connectivity index (χ3v) is 7.58. The number of carboxylic acids is 1. The molecule has 0 spiro atoms. The van der Waals surface area contributed by atoms with Crippen LogP contribution in [0.5, 0.6) is 0 Å². The lowest BCUT2D eigenvalue weighted by Crippen LogP contribution is -2.56. The van der Waals surface area contributed by atoms with Crippen molar-refractivity contribution in [1.82, 2.24) is 10.2 Å². The molecule has 11 nitrogen and oxygen atoms in total. The van der Waals surface area contributed by atoms with Crippen molar-refractivity contribution in [1.29, 1.82) is 0 Å². The summed E-state index contributed by atoms with van der Waals surface area (Å²) in [5, 5.41) is 15.4. The topological polar surface area (TPSA) is 143 Å². The molecule has 46 heavy (non-hydrogen) atoms. The summed E-state index contributed by atoms with van der Waals surface area (Å²) in [4.78, 5) is 52.4. The molecule has 244 valence electrons. The van der Waals surface area contributed by atoms with Crippen LogP contribution >= 0.6 is 0 Å². The summed E-state index contributed by atoms with van der Waals surface area (Å²) in [6.07, 6.45) is -1.01. The highest BCUT2D eigenvalue weighted by Crippen LogP contribution is 2.30. The monoisotopic (exact) mass is 631 g/mol. The number of aliphatic carboxylic acids is 1. The molecular weight excluding hydrogens is 590 g/mol. The van der Waals surface area contributed by atoms with Crippen molar-refractivity contribution in [3.8, 4) is 0 Å². The second-order valence-corrected chi connectivity index (χ2v) is 12.0. The molecule has 0 aliphatic carbocycles. The van der Waals surface area contributed by atoms with Gasteiger partial charge < -0.3 is 30.0 Å². The second-order valence-electron chi connectivity index (χ2n) is 12.0. The minimum absolute atomic E-state index is 0.0430. The lowest BCUT2D eigenvalue weighted by molar-refractivity contribution is -0.153. The van der Waals surface area contributed by atoms with E-state index >= 15 is 0 Å². The number of rotatable bonds is 10. The maximum absolute atomic E-state index is 14.0. The van der Waals surface area contributed by atoms with Gasteiger partial charge in [-0.1, -0.05) is 78.9 Å². The second kappa shape index (κ2) is 15.4. The van der Waals surface area contributed by atoms with Crippen LogP contribution in [-0.4, -0.2) is 78.1 Å². The van der Waals surface area contributed by atoms with Crippen molar-refractivity contribution in [3.63, 3.8) is 0 Å². The van der Waals surface area contributed by atoms with Gasteiger partial charge in [-0.25, -0.2) is 14.4 Å². The van der Waals surface area contributed by atoms with Gasteiger partial charge in [-0.15, -0.1) is 0 Å². The van der Waals surface area contributed by atoms with E-state index in [-0.39, 0.29) is 13.2 Å². The van der Waals surface area contributed by atoms with Crippen LogP contribution in [0.3, 0.4) is 0 Å². The summed E-state index contributed by atoms with van der Waals surface area (Å²) in [7, 11) is 1.25. The first-order valence-electron chi connectivity index (χ1n) is 15.1. The van der Waals surface area contributed by atoms with Gasteiger partial charge in [0.25, 0.3) is 0 Å². The predicted octanol–water partition coefficient (Wildman–Crippen LogP) is 5.20. The van der Waals surface area contributed by atoms with Gasteiger partial charge >= 0.3 is 18.2 Å². The molecule has 1 aliphatic rings. The number of carbonyl (C=O) groups excluding carboxylic acids is 3. The average Bonchev–Trinajstić information content (AvgIpc) is 3.04. The molecule has 0 saturated carbocycles. The molecule has 3 aromatic rings. The number of carboxylic acid groups (broad SMARTS) is 1. The molecule has 1 aliphatic heterocycles. The smallest absolute Gasteiger partial charge is 0.411 e. The van der Waals surface area contributed by atoms with E-state index in [1.807, 2.05) is 72.8 Å². The molecule has 1 heterocycles. The van der Waals surface area contributed by atoms with Gasteiger partial charge in [0.15, 0.2) is 6.04 Å². The number of ether oxygens (including phenoxy) is 3. The summed E-state index contributed by atoms with van der Waals surface area (Å²) in [5.41, 5.74) is 2.24. The molecule has 4 rings (SSSR count). The number of hydrogen-bond donors (Lipinski definition) is 3. The van der Waals surface area contributed by atoms with E-state index in [0.717, 1.165) is 16.7 Å². The molecule has 0 bridgehead atoms. The van der Waals surface area contributed by atoms with Crippen molar-refractivity contribution < 1.29 is 38.5 Å². The fourth-order valence-electron chi connectivity index (χ4n) is 5.39. The van der Waals surface area contributed by atoms with E-state index in [2.05, 4.69) is 10.6 Å². The van der Waals surface area contributed by atoms with Crippen LogP contribution in [0.4, 0.5) is 15.3 Å². The Balaban J connectivity index is 1.54. The number of carbonyl (C=O) groups is 4. The fourth-order valence-corrected chi connectivity index (χ4v) is 5.39. The van der Waals surface area contributed by atoms with Gasteiger partial charge in [-0.3, -0.25) is 9.69 Å². The van der Waals surface area contributed by atoms with Crippen molar-refractivity contribution in [2.75, 3.05) is 25.6 Å². The van der Waals surface area contributed by atoms with Crippen LogP contribution in [0.1, 0.15) is 49.8 Å². The molecule has 0 unspecified atom stereocenters. The number of nitrogens with one attached hydrogen (secondary N) is 2. The number of morpholine rings is 1. The molecule has 0 aromatic heterocycles. The maximum Gasteiger partial charge on any atom is 0.411 e. The minimum Gasteiger partial charge on any atom is -0.480 e. The first kappa shape index (κ1) is 34.0. The first-order valence-corrected chi connectivity index (χ1v) is 15.1. The predicted molar refractivity (Wildman–Crippen MR) is 172 cm³/mol. The molecule has 3 aromatic carbocycles. The van der Waals surface area contributed by atoms with Crippen molar-refractivity contribution in [3.05, 3.63) is 102 Å². The summed E-state index contributed by atoms with van der Waals surface area (Å²) in [6.45, 7) is 5.03. The van der Waals surface area contributed by atoms with Crippen LogP contribution in [0, 0.1) is 0 Å². The highest BCUT2D eigenvalue weighted by Gasteiger charge is 2.39. The highest BCUT2D eigenvalue weighted by atomic mass is 16.6. The quantitative estimate of drug-likeness (QED) is 0.277.